The van der Waals surface area contributed by atoms with Crippen LogP contribution in [-0.2, 0) is 4.79 Å². The molecule has 0 radical (unpaired) electrons. The molecule has 0 saturated heterocycles. The van der Waals surface area contributed by atoms with Gasteiger partial charge in [-0.1, -0.05) is 26.2 Å². The predicted molar refractivity (Wildman–Crippen MR) is 68.0 cm³/mol. The van der Waals surface area contributed by atoms with Crippen molar-refractivity contribution in [1.82, 2.24) is 4.90 Å². The van der Waals surface area contributed by atoms with Crippen molar-refractivity contribution in [2.45, 2.75) is 57.9 Å². The molecule has 2 aliphatic carbocycles. The highest BCUT2D eigenvalue weighted by Crippen LogP contribution is 2.33. The quantitative estimate of drug-likeness (QED) is 0.750. The highest BCUT2D eigenvalue weighted by molar-refractivity contribution is 5.70. The fourth-order valence-corrected chi connectivity index (χ4v) is 3.14. The number of carboxylic acids is 1. The lowest BCUT2D eigenvalue weighted by atomic mass is 9.93. The third-order valence-corrected chi connectivity index (χ3v) is 4.36. The molecule has 2 saturated carbocycles. The van der Waals surface area contributed by atoms with E-state index in [2.05, 4.69) is 11.8 Å². The number of hydrogen-bond acceptors (Lipinski definition) is 2. The first-order chi connectivity index (χ1) is 8.22. The Balaban J connectivity index is 2.02. The van der Waals surface area contributed by atoms with Crippen molar-refractivity contribution < 1.29 is 9.90 Å². The summed E-state index contributed by atoms with van der Waals surface area (Å²) in [6.45, 7) is 4.31. The molecule has 0 heterocycles. The van der Waals surface area contributed by atoms with Gasteiger partial charge in [0.25, 0.3) is 0 Å². The van der Waals surface area contributed by atoms with E-state index in [0.29, 0.717) is 6.04 Å². The average Bonchev–Trinajstić information content (AvgIpc) is 3.12. The van der Waals surface area contributed by atoms with Crippen LogP contribution in [0.2, 0.25) is 0 Å². The zero-order valence-electron chi connectivity index (χ0n) is 10.9. The maximum Gasteiger partial charge on any atom is 0.308 e. The first kappa shape index (κ1) is 12.9. The molecule has 1 N–H and O–H groups in total. The van der Waals surface area contributed by atoms with Crippen molar-refractivity contribution in [3.05, 3.63) is 0 Å². The van der Waals surface area contributed by atoms with Gasteiger partial charge in [-0.2, -0.15) is 0 Å². The van der Waals surface area contributed by atoms with Gasteiger partial charge in [-0.25, -0.2) is 0 Å². The van der Waals surface area contributed by atoms with Crippen LogP contribution >= 0.6 is 0 Å². The lowest BCUT2D eigenvalue weighted by Crippen LogP contribution is -2.44. The standard InChI is InChI=1S/C14H25NO2/c1-2-15(10-11-8-9-11)13-7-5-3-4-6-12(13)14(16)17/h11-13H,2-10H2,1H3,(H,16,17). The van der Waals surface area contributed by atoms with Gasteiger partial charge in [0, 0.05) is 12.6 Å². The lowest BCUT2D eigenvalue weighted by molar-refractivity contribution is -0.144. The molecule has 0 aromatic heterocycles. The minimum absolute atomic E-state index is 0.129. The van der Waals surface area contributed by atoms with Gasteiger partial charge in [-0.15, -0.1) is 0 Å². The lowest BCUT2D eigenvalue weighted by Gasteiger charge is -2.33. The highest BCUT2D eigenvalue weighted by Gasteiger charge is 2.35. The summed E-state index contributed by atoms with van der Waals surface area (Å²) in [7, 11) is 0. The van der Waals surface area contributed by atoms with Crippen LogP contribution < -0.4 is 0 Å². The second-order valence-electron chi connectivity index (χ2n) is 5.68. The Morgan fingerprint density at radius 1 is 1.18 bits per heavy atom. The van der Waals surface area contributed by atoms with E-state index in [-0.39, 0.29) is 5.92 Å². The summed E-state index contributed by atoms with van der Waals surface area (Å²) in [5.74, 6) is 0.148. The molecular formula is C14H25NO2. The number of nitrogens with zero attached hydrogens (tertiary/aromatic N) is 1. The van der Waals surface area contributed by atoms with E-state index < -0.39 is 5.97 Å². The number of aliphatic carboxylic acids is 1. The molecule has 2 atom stereocenters. The van der Waals surface area contributed by atoms with Crippen LogP contribution in [-0.4, -0.2) is 35.1 Å². The molecule has 3 heteroatoms. The first-order valence-corrected chi connectivity index (χ1v) is 7.19. The Bertz CT molecular complexity index is 263. The van der Waals surface area contributed by atoms with Crippen LogP contribution in [0.3, 0.4) is 0 Å². The smallest absolute Gasteiger partial charge is 0.308 e. The molecule has 0 bridgehead atoms. The number of hydrogen-bond donors (Lipinski definition) is 1. The summed E-state index contributed by atoms with van der Waals surface area (Å²) in [5, 5.41) is 9.40. The van der Waals surface area contributed by atoms with Crippen molar-refractivity contribution in [1.29, 1.82) is 0 Å². The summed E-state index contributed by atoms with van der Waals surface area (Å²) in [6, 6.07) is 0.292. The molecule has 17 heavy (non-hydrogen) atoms. The molecule has 0 amide bonds. The van der Waals surface area contributed by atoms with Crippen molar-refractivity contribution in [3.63, 3.8) is 0 Å². The van der Waals surface area contributed by atoms with Crippen LogP contribution in [0, 0.1) is 11.8 Å². The van der Waals surface area contributed by atoms with Gasteiger partial charge in [0.15, 0.2) is 0 Å². The maximum atomic E-state index is 11.4. The molecule has 98 valence electrons. The second-order valence-corrected chi connectivity index (χ2v) is 5.68. The maximum absolute atomic E-state index is 11.4. The number of carbonyl (C=O) groups is 1. The molecule has 0 spiro atoms. The van der Waals surface area contributed by atoms with Gasteiger partial charge in [0.05, 0.1) is 5.92 Å². The Morgan fingerprint density at radius 3 is 2.47 bits per heavy atom. The summed E-state index contributed by atoms with van der Waals surface area (Å²) >= 11 is 0. The van der Waals surface area contributed by atoms with Gasteiger partial charge in [-0.3, -0.25) is 9.69 Å². The normalized spacial score (nSPS) is 30.2. The molecule has 3 nitrogen and oxygen atoms in total. The Kier molecular flexibility index (Phi) is 4.43. The first-order valence-electron chi connectivity index (χ1n) is 7.19. The minimum atomic E-state index is -0.578. The van der Waals surface area contributed by atoms with E-state index >= 15 is 0 Å². The summed E-state index contributed by atoms with van der Waals surface area (Å²) < 4.78 is 0. The van der Waals surface area contributed by atoms with Crippen LogP contribution in [0.4, 0.5) is 0 Å². The van der Waals surface area contributed by atoms with E-state index in [1.807, 2.05) is 0 Å². The molecule has 2 unspecified atom stereocenters. The van der Waals surface area contributed by atoms with Crippen LogP contribution in [0.15, 0.2) is 0 Å². The average molecular weight is 239 g/mol. The van der Waals surface area contributed by atoms with Crippen LogP contribution in [0.1, 0.15) is 51.9 Å². The van der Waals surface area contributed by atoms with Crippen molar-refractivity contribution in [3.8, 4) is 0 Å². The minimum Gasteiger partial charge on any atom is -0.481 e. The highest BCUT2D eigenvalue weighted by atomic mass is 16.4. The molecular weight excluding hydrogens is 214 g/mol. The fourth-order valence-electron chi connectivity index (χ4n) is 3.14. The monoisotopic (exact) mass is 239 g/mol. The molecule has 2 fully saturated rings. The molecule has 0 aliphatic heterocycles. The zero-order valence-corrected chi connectivity index (χ0v) is 10.9. The Labute approximate surface area is 104 Å². The van der Waals surface area contributed by atoms with E-state index in [9.17, 15) is 9.90 Å². The topological polar surface area (TPSA) is 40.5 Å². The predicted octanol–water partition coefficient (Wildman–Crippen LogP) is 2.75. The van der Waals surface area contributed by atoms with E-state index in [0.717, 1.165) is 38.3 Å². The zero-order chi connectivity index (χ0) is 12.3. The molecule has 0 aromatic rings. The van der Waals surface area contributed by atoms with Gasteiger partial charge < -0.3 is 5.11 Å². The SMILES string of the molecule is CCN(CC1CC1)C1CCCCCC1C(=O)O. The molecule has 2 aliphatic rings. The van der Waals surface area contributed by atoms with E-state index in [4.69, 9.17) is 0 Å². The second kappa shape index (κ2) is 5.85. The summed E-state index contributed by atoms with van der Waals surface area (Å²) in [6.07, 6.45) is 8.16. The molecule has 2 rings (SSSR count). The Hall–Kier alpha value is -0.570. The van der Waals surface area contributed by atoms with Crippen LogP contribution in [0.5, 0.6) is 0 Å². The van der Waals surface area contributed by atoms with Crippen molar-refractivity contribution >= 4 is 5.97 Å². The fraction of sp³-hybridized carbons (Fsp3) is 0.929. The third kappa shape index (κ3) is 3.44. The van der Waals surface area contributed by atoms with Crippen LogP contribution in [0.25, 0.3) is 0 Å². The van der Waals surface area contributed by atoms with Gasteiger partial charge in [0.1, 0.15) is 0 Å². The van der Waals surface area contributed by atoms with Gasteiger partial charge >= 0.3 is 5.97 Å². The van der Waals surface area contributed by atoms with Gasteiger partial charge in [0.2, 0.25) is 0 Å². The largest absolute Gasteiger partial charge is 0.481 e. The van der Waals surface area contributed by atoms with E-state index in [1.165, 1.54) is 25.7 Å². The van der Waals surface area contributed by atoms with Gasteiger partial charge in [-0.05, 0) is 38.1 Å². The van der Waals surface area contributed by atoms with Crippen molar-refractivity contribution in [2.24, 2.45) is 11.8 Å². The summed E-state index contributed by atoms with van der Waals surface area (Å²) in [4.78, 5) is 13.9. The number of carboxylic acid groups (broad SMARTS) is 1. The molecule has 0 aromatic carbocycles. The van der Waals surface area contributed by atoms with Crippen molar-refractivity contribution in [2.75, 3.05) is 13.1 Å². The summed E-state index contributed by atoms with van der Waals surface area (Å²) in [5.41, 5.74) is 0. The number of rotatable bonds is 5. The third-order valence-electron chi connectivity index (χ3n) is 4.36. The Morgan fingerprint density at radius 2 is 1.88 bits per heavy atom. The van der Waals surface area contributed by atoms with E-state index in [1.54, 1.807) is 0 Å².